The molecule has 0 aliphatic carbocycles. The van der Waals surface area contributed by atoms with Gasteiger partial charge in [-0.2, -0.15) is 5.26 Å². The van der Waals surface area contributed by atoms with Crippen LogP contribution in [0.15, 0.2) is 36.0 Å². The van der Waals surface area contributed by atoms with E-state index in [1.165, 1.54) is 6.20 Å². The van der Waals surface area contributed by atoms with Crippen LogP contribution in [0.5, 0.6) is 0 Å². The van der Waals surface area contributed by atoms with Gasteiger partial charge < -0.3 is 10.2 Å². The SMILES string of the molecule is CN(C)/C=C(\C#N)C(=O)Nc1ccc(Cl)cc1. The Morgan fingerprint density at radius 2 is 2.00 bits per heavy atom. The number of halogens is 1. The Bertz CT molecular complexity index is 472. The Labute approximate surface area is 105 Å². The topological polar surface area (TPSA) is 56.1 Å². The molecule has 0 spiro atoms. The number of rotatable bonds is 3. The molecule has 0 unspecified atom stereocenters. The maximum absolute atomic E-state index is 11.7. The molecule has 0 heterocycles. The average molecular weight is 250 g/mol. The van der Waals surface area contributed by atoms with Gasteiger partial charge in [-0.25, -0.2) is 0 Å². The van der Waals surface area contributed by atoms with Crippen LogP contribution >= 0.6 is 11.6 Å². The van der Waals surface area contributed by atoms with E-state index in [4.69, 9.17) is 16.9 Å². The summed E-state index contributed by atoms with van der Waals surface area (Å²) >= 11 is 5.72. The molecule has 0 aliphatic heterocycles. The van der Waals surface area contributed by atoms with Crippen LogP contribution < -0.4 is 5.32 Å². The number of carbonyl (C=O) groups is 1. The van der Waals surface area contributed by atoms with E-state index in [9.17, 15) is 4.79 Å². The van der Waals surface area contributed by atoms with Crippen molar-refractivity contribution < 1.29 is 4.79 Å². The summed E-state index contributed by atoms with van der Waals surface area (Å²) in [4.78, 5) is 13.3. The first-order valence-corrected chi connectivity index (χ1v) is 5.26. The number of hydrogen-bond acceptors (Lipinski definition) is 3. The van der Waals surface area contributed by atoms with Crippen molar-refractivity contribution >= 4 is 23.2 Å². The van der Waals surface area contributed by atoms with Gasteiger partial charge >= 0.3 is 0 Å². The largest absolute Gasteiger partial charge is 0.382 e. The van der Waals surface area contributed by atoms with E-state index in [-0.39, 0.29) is 5.57 Å². The highest BCUT2D eigenvalue weighted by Gasteiger charge is 2.09. The summed E-state index contributed by atoms with van der Waals surface area (Å²) in [5, 5.41) is 12.0. The summed E-state index contributed by atoms with van der Waals surface area (Å²) in [5.41, 5.74) is 0.643. The summed E-state index contributed by atoms with van der Waals surface area (Å²) in [5.74, 6) is -0.441. The first-order chi connectivity index (χ1) is 8.02. The smallest absolute Gasteiger partial charge is 0.267 e. The van der Waals surface area contributed by atoms with Gasteiger partial charge in [-0.1, -0.05) is 11.6 Å². The number of benzene rings is 1. The molecule has 0 radical (unpaired) electrons. The van der Waals surface area contributed by atoms with Gasteiger partial charge in [0, 0.05) is 31.0 Å². The maximum atomic E-state index is 11.7. The predicted octanol–water partition coefficient (Wildman–Crippen LogP) is 2.25. The molecule has 1 N–H and O–H groups in total. The molecule has 1 amide bonds. The minimum atomic E-state index is -0.441. The van der Waals surface area contributed by atoms with Crippen LogP contribution in [0.3, 0.4) is 0 Å². The van der Waals surface area contributed by atoms with Gasteiger partial charge in [0.2, 0.25) is 0 Å². The van der Waals surface area contributed by atoms with Gasteiger partial charge in [0.05, 0.1) is 0 Å². The van der Waals surface area contributed by atoms with Gasteiger partial charge in [-0.15, -0.1) is 0 Å². The van der Waals surface area contributed by atoms with Crippen molar-refractivity contribution in [2.75, 3.05) is 19.4 Å². The second kappa shape index (κ2) is 5.92. The zero-order valence-electron chi connectivity index (χ0n) is 9.57. The molecule has 0 fully saturated rings. The molecule has 1 rings (SSSR count). The predicted molar refractivity (Wildman–Crippen MR) is 67.5 cm³/mol. The zero-order valence-corrected chi connectivity index (χ0v) is 10.3. The normalized spacial score (nSPS) is 10.6. The molecule has 5 heteroatoms. The van der Waals surface area contributed by atoms with E-state index in [0.29, 0.717) is 10.7 Å². The van der Waals surface area contributed by atoms with Gasteiger partial charge in [0.15, 0.2) is 0 Å². The molecule has 0 atom stereocenters. The third-order valence-electron chi connectivity index (χ3n) is 1.85. The first-order valence-electron chi connectivity index (χ1n) is 4.88. The number of hydrogen-bond donors (Lipinski definition) is 1. The molecule has 0 saturated carbocycles. The lowest BCUT2D eigenvalue weighted by Gasteiger charge is -2.07. The molecule has 0 aromatic heterocycles. The van der Waals surface area contributed by atoms with Crippen molar-refractivity contribution in [2.24, 2.45) is 0 Å². The van der Waals surface area contributed by atoms with Crippen molar-refractivity contribution in [3.8, 4) is 6.07 Å². The van der Waals surface area contributed by atoms with E-state index in [1.54, 1.807) is 43.3 Å². The highest BCUT2D eigenvalue weighted by atomic mass is 35.5. The van der Waals surface area contributed by atoms with Crippen LogP contribution in [0.2, 0.25) is 5.02 Å². The van der Waals surface area contributed by atoms with Crippen LogP contribution in [-0.4, -0.2) is 24.9 Å². The number of amides is 1. The summed E-state index contributed by atoms with van der Waals surface area (Å²) in [6, 6.07) is 8.52. The summed E-state index contributed by atoms with van der Waals surface area (Å²) < 4.78 is 0. The molecule has 4 nitrogen and oxygen atoms in total. The van der Waals surface area contributed by atoms with Crippen molar-refractivity contribution in [3.05, 3.63) is 41.1 Å². The van der Waals surface area contributed by atoms with Crippen LogP contribution in [0.25, 0.3) is 0 Å². The van der Waals surface area contributed by atoms with Gasteiger partial charge in [0.1, 0.15) is 11.6 Å². The van der Waals surface area contributed by atoms with Crippen molar-refractivity contribution in [2.45, 2.75) is 0 Å². The minimum Gasteiger partial charge on any atom is -0.382 e. The Hall–Kier alpha value is -1.99. The Balaban J connectivity index is 2.79. The second-order valence-electron chi connectivity index (χ2n) is 3.58. The fraction of sp³-hybridized carbons (Fsp3) is 0.167. The van der Waals surface area contributed by atoms with Crippen LogP contribution in [0.4, 0.5) is 5.69 Å². The number of nitrogens with zero attached hydrogens (tertiary/aromatic N) is 2. The fourth-order valence-corrected chi connectivity index (χ4v) is 1.25. The summed E-state index contributed by atoms with van der Waals surface area (Å²) in [6.45, 7) is 0. The molecule has 0 aliphatic rings. The first kappa shape index (κ1) is 13.1. The van der Waals surface area contributed by atoms with E-state index in [2.05, 4.69) is 5.32 Å². The quantitative estimate of drug-likeness (QED) is 0.660. The van der Waals surface area contributed by atoms with E-state index in [1.807, 2.05) is 6.07 Å². The van der Waals surface area contributed by atoms with E-state index in [0.717, 1.165) is 0 Å². The van der Waals surface area contributed by atoms with Gasteiger partial charge in [-0.05, 0) is 24.3 Å². The lowest BCUT2D eigenvalue weighted by atomic mass is 10.2. The number of carbonyl (C=O) groups excluding carboxylic acids is 1. The van der Waals surface area contributed by atoms with Crippen LogP contribution in [-0.2, 0) is 4.79 Å². The number of nitrogens with one attached hydrogen (secondary N) is 1. The molecular weight excluding hydrogens is 238 g/mol. The molecule has 0 saturated heterocycles. The second-order valence-corrected chi connectivity index (χ2v) is 4.02. The fourth-order valence-electron chi connectivity index (χ4n) is 1.13. The highest BCUT2D eigenvalue weighted by molar-refractivity contribution is 6.30. The Morgan fingerprint density at radius 3 is 2.47 bits per heavy atom. The number of anilines is 1. The van der Waals surface area contributed by atoms with Crippen molar-refractivity contribution in [1.29, 1.82) is 5.26 Å². The summed E-state index contributed by atoms with van der Waals surface area (Å²) in [6.07, 6.45) is 1.46. The molecule has 17 heavy (non-hydrogen) atoms. The Morgan fingerprint density at radius 1 is 1.41 bits per heavy atom. The van der Waals surface area contributed by atoms with Crippen molar-refractivity contribution in [3.63, 3.8) is 0 Å². The lowest BCUT2D eigenvalue weighted by molar-refractivity contribution is -0.112. The van der Waals surface area contributed by atoms with E-state index >= 15 is 0 Å². The standard InChI is InChI=1S/C12H12ClN3O/c1-16(2)8-9(7-14)12(17)15-11-5-3-10(13)4-6-11/h3-6,8H,1-2H3,(H,15,17)/b9-8+. The van der Waals surface area contributed by atoms with E-state index < -0.39 is 5.91 Å². The third-order valence-corrected chi connectivity index (χ3v) is 2.11. The monoisotopic (exact) mass is 249 g/mol. The third kappa shape index (κ3) is 4.17. The number of nitriles is 1. The highest BCUT2D eigenvalue weighted by Crippen LogP contribution is 2.14. The zero-order chi connectivity index (χ0) is 12.8. The maximum Gasteiger partial charge on any atom is 0.267 e. The average Bonchev–Trinajstić information content (AvgIpc) is 2.28. The molecule has 88 valence electrons. The van der Waals surface area contributed by atoms with Crippen molar-refractivity contribution in [1.82, 2.24) is 4.90 Å². The minimum absolute atomic E-state index is 0.0462. The molecular formula is C12H12ClN3O. The molecule has 0 bridgehead atoms. The summed E-state index contributed by atoms with van der Waals surface area (Å²) in [7, 11) is 3.49. The molecule has 1 aromatic carbocycles. The van der Waals surface area contributed by atoms with Crippen LogP contribution in [0, 0.1) is 11.3 Å². The lowest BCUT2D eigenvalue weighted by Crippen LogP contribution is -2.16. The molecule has 1 aromatic rings. The Kier molecular flexibility index (Phi) is 4.56. The van der Waals surface area contributed by atoms with Crippen LogP contribution in [0.1, 0.15) is 0 Å². The van der Waals surface area contributed by atoms with Gasteiger partial charge in [-0.3, -0.25) is 4.79 Å². The van der Waals surface area contributed by atoms with Gasteiger partial charge in [0.25, 0.3) is 5.91 Å².